The Kier molecular flexibility index (Phi) is 6.48. The Hall–Kier alpha value is -2.37. The van der Waals surface area contributed by atoms with Gasteiger partial charge in [0.1, 0.15) is 0 Å². The largest absolute Gasteiger partial charge is 0.392 e. The van der Waals surface area contributed by atoms with Gasteiger partial charge in [0.15, 0.2) is 0 Å². The SMILES string of the molecule is CN(CC(=O)N(C)[C@H](CN1CC[C@H](O)C1)c1ccccc1)c1ccccc1. The summed E-state index contributed by atoms with van der Waals surface area (Å²) >= 11 is 0. The van der Waals surface area contributed by atoms with Gasteiger partial charge in [0.25, 0.3) is 0 Å². The predicted octanol–water partition coefficient (Wildman–Crippen LogP) is 2.39. The van der Waals surface area contributed by atoms with Crippen LogP contribution in [-0.4, -0.2) is 67.2 Å². The number of nitrogens with zero attached hydrogens (tertiary/aromatic N) is 3. The number of hydrogen-bond acceptors (Lipinski definition) is 4. The summed E-state index contributed by atoms with van der Waals surface area (Å²) in [5.41, 5.74) is 2.15. The molecule has 2 aromatic carbocycles. The minimum absolute atomic E-state index is 0.0341. The van der Waals surface area contributed by atoms with Crippen LogP contribution in [0.3, 0.4) is 0 Å². The molecule has 0 aliphatic carbocycles. The van der Waals surface area contributed by atoms with E-state index in [1.807, 2.05) is 72.4 Å². The van der Waals surface area contributed by atoms with Crippen molar-refractivity contribution in [2.75, 3.05) is 45.2 Å². The molecule has 27 heavy (non-hydrogen) atoms. The van der Waals surface area contributed by atoms with Crippen molar-refractivity contribution < 1.29 is 9.90 Å². The lowest BCUT2D eigenvalue weighted by molar-refractivity contribution is -0.131. The molecule has 0 unspecified atom stereocenters. The van der Waals surface area contributed by atoms with Crippen molar-refractivity contribution in [2.24, 2.45) is 0 Å². The number of anilines is 1. The number of β-amino-alcohol motifs (C(OH)–C–C–N with tert-alkyl or cyclic N) is 1. The van der Waals surface area contributed by atoms with Gasteiger partial charge in [-0.25, -0.2) is 0 Å². The molecule has 0 bridgehead atoms. The number of para-hydroxylation sites is 1. The van der Waals surface area contributed by atoms with Crippen molar-refractivity contribution in [1.29, 1.82) is 0 Å². The quantitative estimate of drug-likeness (QED) is 0.816. The number of aliphatic hydroxyl groups is 1. The van der Waals surface area contributed by atoms with E-state index in [4.69, 9.17) is 0 Å². The number of amides is 1. The number of benzene rings is 2. The molecule has 0 saturated carbocycles. The molecule has 1 heterocycles. The van der Waals surface area contributed by atoms with Crippen LogP contribution >= 0.6 is 0 Å². The number of hydrogen-bond donors (Lipinski definition) is 1. The normalized spacial score (nSPS) is 18.3. The van der Waals surface area contributed by atoms with Crippen molar-refractivity contribution in [2.45, 2.75) is 18.6 Å². The summed E-state index contributed by atoms with van der Waals surface area (Å²) in [4.78, 5) is 19.1. The molecule has 5 nitrogen and oxygen atoms in total. The highest BCUT2D eigenvalue weighted by atomic mass is 16.3. The molecule has 2 atom stereocenters. The number of likely N-dealkylation sites (N-methyl/N-ethyl adjacent to an activating group) is 2. The van der Waals surface area contributed by atoms with E-state index < -0.39 is 0 Å². The van der Waals surface area contributed by atoms with Gasteiger partial charge >= 0.3 is 0 Å². The Morgan fingerprint density at radius 2 is 1.74 bits per heavy atom. The summed E-state index contributed by atoms with van der Waals surface area (Å²) in [5.74, 6) is 0.0787. The predicted molar refractivity (Wildman–Crippen MR) is 109 cm³/mol. The van der Waals surface area contributed by atoms with E-state index >= 15 is 0 Å². The maximum Gasteiger partial charge on any atom is 0.242 e. The van der Waals surface area contributed by atoms with E-state index in [0.29, 0.717) is 13.1 Å². The molecule has 3 rings (SSSR count). The first-order valence-electron chi connectivity index (χ1n) is 9.52. The lowest BCUT2D eigenvalue weighted by atomic mass is 10.0. The minimum Gasteiger partial charge on any atom is -0.392 e. The van der Waals surface area contributed by atoms with E-state index in [1.165, 1.54) is 0 Å². The fourth-order valence-electron chi connectivity index (χ4n) is 3.61. The first-order valence-corrected chi connectivity index (χ1v) is 9.52. The Morgan fingerprint density at radius 1 is 1.11 bits per heavy atom. The minimum atomic E-state index is -0.258. The third-order valence-electron chi connectivity index (χ3n) is 5.29. The molecule has 0 radical (unpaired) electrons. The molecule has 1 aliphatic rings. The van der Waals surface area contributed by atoms with Crippen molar-refractivity contribution in [3.05, 3.63) is 66.2 Å². The summed E-state index contributed by atoms with van der Waals surface area (Å²) in [6, 6.07) is 20.1. The Balaban J connectivity index is 1.71. The molecule has 1 aliphatic heterocycles. The van der Waals surface area contributed by atoms with Gasteiger partial charge in [-0.1, -0.05) is 48.5 Å². The van der Waals surface area contributed by atoms with Crippen molar-refractivity contribution in [1.82, 2.24) is 9.80 Å². The summed E-state index contributed by atoms with van der Waals surface area (Å²) < 4.78 is 0. The van der Waals surface area contributed by atoms with E-state index in [0.717, 1.165) is 30.8 Å². The van der Waals surface area contributed by atoms with Gasteiger partial charge in [-0.2, -0.15) is 0 Å². The highest BCUT2D eigenvalue weighted by Crippen LogP contribution is 2.23. The molecule has 1 saturated heterocycles. The molecule has 0 aromatic heterocycles. The molecule has 2 aromatic rings. The van der Waals surface area contributed by atoms with Crippen LogP contribution in [0, 0.1) is 0 Å². The Bertz CT molecular complexity index is 723. The first kappa shape index (κ1) is 19.4. The van der Waals surface area contributed by atoms with Gasteiger partial charge in [-0.15, -0.1) is 0 Å². The molecule has 1 amide bonds. The van der Waals surface area contributed by atoms with Gasteiger partial charge in [0.2, 0.25) is 5.91 Å². The maximum atomic E-state index is 13.0. The van der Waals surface area contributed by atoms with Crippen LogP contribution in [0.2, 0.25) is 0 Å². The van der Waals surface area contributed by atoms with Gasteiger partial charge in [-0.05, 0) is 24.1 Å². The third-order valence-corrected chi connectivity index (χ3v) is 5.29. The van der Waals surface area contributed by atoms with E-state index in [9.17, 15) is 9.90 Å². The number of carbonyl (C=O) groups is 1. The van der Waals surface area contributed by atoms with Crippen molar-refractivity contribution in [3.63, 3.8) is 0 Å². The summed E-state index contributed by atoms with van der Waals surface area (Å²) in [6.45, 7) is 2.61. The van der Waals surface area contributed by atoms with Crippen molar-refractivity contribution in [3.8, 4) is 0 Å². The fourth-order valence-corrected chi connectivity index (χ4v) is 3.61. The summed E-state index contributed by atoms with van der Waals surface area (Å²) in [5, 5.41) is 9.85. The van der Waals surface area contributed by atoms with Crippen LogP contribution in [0.25, 0.3) is 0 Å². The average molecular weight is 367 g/mol. The molecule has 1 fully saturated rings. The average Bonchev–Trinajstić information content (AvgIpc) is 3.11. The van der Waals surface area contributed by atoms with Crippen LogP contribution < -0.4 is 4.90 Å². The van der Waals surface area contributed by atoms with E-state index in [2.05, 4.69) is 17.0 Å². The number of rotatable bonds is 7. The Morgan fingerprint density at radius 3 is 2.33 bits per heavy atom. The topological polar surface area (TPSA) is 47.0 Å². The number of aliphatic hydroxyl groups excluding tert-OH is 1. The highest BCUT2D eigenvalue weighted by molar-refractivity contribution is 5.81. The molecular formula is C22H29N3O2. The van der Waals surface area contributed by atoms with Crippen LogP contribution in [0.1, 0.15) is 18.0 Å². The lowest BCUT2D eigenvalue weighted by Crippen LogP contribution is -2.43. The lowest BCUT2D eigenvalue weighted by Gasteiger charge is -2.33. The second-order valence-electron chi connectivity index (χ2n) is 7.32. The highest BCUT2D eigenvalue weighted by Gasteiger charge is 2.28. The summed E-state index contributed by atoms with van der Waals surface area (Å²) in [7, 11) is 3.82. The van der Waals surface area contributed by atoms with Crippen LogP contribution in [0.5, 0.6) is 0 Å². The third kappa shape index (κ3) is 5.08. The maximum absolute atomic E-state index is 13.0. The number of carbonyl (C=O) groups excluding carboxylic acids is 1. The molecule has 5 heteroatoms. The molecular weight excluding hydrogens is 338 g/mol. The standard InChI is InChI=1S/C22H29N3O2/c1-23(19-11-7-4-8-12-19)17-22(27)24(2)21(18-9-5-3-6-10-18)16-25-14-13-20(26)15-25/h3-12,20-21,26H,13-17H2,1-2H3/t20-,21+/m0/s1. The van der Waals surface area contributed by atoms with E-state index in [1.54, 1.807) is 0 Å². The zero-order valence-electron chi connectivity index (χ0n) is 16.2. The van der Waals surface area contributed by atoms with Gasteiger partial charge < -0.3 is 14.9 Å². The number of likely N-dealkylation sites (tertiary alicyclic amines) is 1. The van der Waals surface area contributed by atoms with Crippen LogP contribution in [-0.2, 0) is 4.79 Å². The van der Waals surface area contributed by atoms with Crippen LogP contribution in [0.4, 0.5) is 5.69 Å². The first-order chi connectivity index (χ1) is 13.0. The Labute approximate surface area is 161 Å². The zero-order valence-corrected chi connectivity index (χ0v) is 16.2. The van der Waals surface area contributed by atoms with Crippen LogP contribution in [0.15, 0.2) is 60.7 Å². The fraction of sp³-hybridized carbons (Fsp3) is 0.409. The zero-order chi connectivity index (χ0) is 19.2. The smallest absolute Gasteiger partial charge is 0.242 e. The van der Waals surface area contributed by atoms with E-state index in [-0.39, 0.29) is 18.1 Å². The van der Waals surface area contributed by atoms with Gasteiger partial charge in [0.05, 0.1) is 18.7 Å². The molecule has 144 valence electrons. The van der Waals surface area contributed by atoms with Crippen molar-refractivity contribution >= 4 is 11.6 Å². The molecule has 0 spiro atoms. The molecule has 1 N–H and O–H groups in total. The van der Waals surface area contributed by atoms with Gasteiger partial charge in [0, 0.05) is 39.4 Å². The second kappa shape index (κ2) is 9.02. The van der Waals surface area contributed by atoms with Gasteiger partial charge in [-0.3, -0.25) is 9.69 Å². The second-order valence-corrected chi connectivity index (χ2v) is 7.32. The summed E-state index contributed by atoms with van der Waals surface area (Å²) in [6.07, 6.45) is 0.544. The monoisotopic (exact) mass is 367 g/mol.